The van der Waals surface area contributed by atoms with Crippen LogP contribution < -0.4 is 4.90 Å². The van der Waals surface area contributed by atoms with Crippen LogP contribution in [0, 0.1) is 0 Å². The lowest BCUT2D eigenvalue weighted by Crippen LogP contribution is -2.50. The molecule has 0 unspecified atom stereocenters. The summed E-state index contributed by atoms with van der Waals surface area (Å²) in [4.78, 5) is 24.3. The minimum atomic E-state index is -0.493. The summed E-state index contributed by atoms with van der Waals surface area (Å²) >= 11 is 9.29. The predicted molar refractivity (Wildman–Crippen MR) is 94.5 cm³/mol. The Morgan fingerprint density at radius 2 is 1.96 bits per heavy atom. The van der Waals surface area contributed by atoms with Crippen LogP contribution >= 0.6 is 27.5 Å². The topological polar surface area (TPSA) is 71.7 Å². The van der Waals surface area contributed by atoms with Crippen molar-refractivity contribution in [2.75, 3.05) is 31.1 Å². The van der Waals surface area contributed by atoms with Gasteiger partial charge < -0.3 is 19.0 Å². The molecule has 0 spiro atoms. The molecule has 2 aromatic rings. The lowest BCUT2D eigenvalue weighted by molar-refractivity contribution is 0.0239. The molecule has 3 heterocycles. The van der Waals surface area contributed by atoms with E-state index in [1.54, 1.807) is 11.0 Å². The van der Waals surface area contributed by atoms with Gasteiger partial charge in [-0.25, -0.2) is 9.78 Å². The molecule has 1 fully saturated rings. The Morgan fingerprint density at radius 3 is 2.58 bits per heavy atom. The number of carbonyl (C=O) groups is 1. The quantitative estimate of drug-likeness (QED) is 0.659. The minimum Gasteiger partial charge on any atom is -0.444 e. The Labute approximate surface area is 153 Å². The van der Waals surface area contributed by atoms with Gasteiger partial charge in [-0.15, -0.1) is 0 Å². The maximum atomic E-state index is 12.1. The van der Waals surface area contributed by atoms with Crippen LogP contribution in [0.1, 0.15) is 20.8 Å². The molecule has 1 amide bonds. The average Bonchev–Trinajstić information content (AvgIpc) is 2.89. The first-order chi connectivity index (χ1) is 11.2. The van der Waals surface area contributed by atoms with Crippen molar-refractivity contribution < 1.29 is 13.9 Å². The summed E-state index contributed by atoms with van der Waals surface area (Å²) in [6, 6.07) is 2.23. The molecule has 1 saturated heterocycles. The van der Waals surface area contributed by atoms with Crippen LogP contribution in [0.4, 0.5) is 10.8 Å². The summed E-state index contributed by atoms with van der Waals surface area (Å²) < 4.78 is 11.8. The highest BCUT2D eigenvalue weighted by Crippen LogP contribution is 2.28. The van der Waals surface area contributed by atoms with Crippen LogP contribution in [0.25, 0.3) is 11.2 Å². The van der Waals surface area contributed by atoms with E-state index in [2.05, 4.69) is 25.9 Å². The van der Waals surface area contributed by atoms with Crippen LogP contribution in [-0.4, -0.2) is 52.7 Å². The van der Waals surface area contributed by atoms with E-state index >= 15 is 0 Å². The number of fused-ring (bicyclic) bond motifs is 1. The lowest BCUT2D eigenvalue weighted by atomic mass is 10.2. The number of ether oxygens (including phenoxy) is 1. The molecule has 0 aliphatic carbocycles. The maximum Gasteiger partial charge on any atom is 0.410 e. The van der Waals surface area contributed by atoms with Crippen molar-refractivity contribution in [1.82, 2.24) is 14.9 Å². The van der Waals surface area contributed by atoms with Crippen LogP contribution in [-0.2, 0) is 4.74 Å². The van der Waals surface area contributed by atoms with Gasteiger partial charge in [0.05, 0.1) is 4.47 Å². The summed E-state index contributed by atoms with van der Waals surface area (Å²) in [5, 5.41) is 0.345. The molecule has 0 aromatic carbocycles. The van der Waals surface area contributed by atoms with Crippen LogP contribution in [0.3, 0.4) is 0 Å². The minimum absolute atomic E-state index is 0.294. The van der Waals surface area contributed by atoms with Gasteiger partial charge in [0.25, 0.3) is 6.01 Å². The number of aromatic nitrogens is 2. The Bertz CT molecular complexity index is 727. The average molecular weight is 418 g/mol. The largest absolute Gasteiger partial charge is 0.444 e. The number of pyridine rings is 1. The van der Waals surface area contributed by atoms with Crippen molar-refractivity contribution in [3.63, 3.8) is 0 Å². The second-order valence-electron chi connectivity index (χ2n) is 6.53. The number of hydrogen-bond acceptors (Lipinski definition) is 6. The normalized spacial score (nSPS) is 15.9. The van der Waals surface area contributed by atoms with Crippen molar-refractivity contribution in [3.05, 3.63) is 15.7 Å². The van der Waals surface area contributed by atoms with E-state index in [1.807, 2.05) is 25.7 Å². The maximum absolute atomic E-state index is 12.1. The first-order valence-electron chi connectivity index (χ1n) is 7.58. The van der Waals surface area contributed by atoms with Crippen molar-refractivity contribution in [1.29, 1.82) is 0 Å². The van der Waals surface area contributed by atoms with Gasteiger partial charge in [0.15, 0.2) is 5.58 Å². The highest BCUT2D eigenvalue weighted by Gasteiger charge is 2.27. The van der Waals surface area contributed by atoms with Gasteiger partial charge in [0.2, 0.25) is 5.65 Å². The molecule has 2 aromatic heterocycles. The van der Waals surface area contributed by atoms with Crippen LogP contribution in [0.5, 0.6) is 0 Å². The van der Waals surface area contributed by atoms with Crippen molar-refractivity contribution in [3.8, 4) is 0 Å². The molecule has 0 N–H and O–H groups in total. The highest BCUT2D eigenvalue weighted by molar-refractivity contribution is 9.10. The third kappa shape index (κ3) is 3.75. The fourth-order valence-electron chi connectivity index (χ4n) is 2.35. The zero-order chi connectivity index (χ0) is 17.5. The number of rotatable bonds is 1. The molecule has 0 saturated carbocycles. The van der Waals surface area contributed by atoms with Gasteiger partial charge in [-0.1, -0.05) is 11.6 Å². The molecule has 3 rings (SSSR count). The number of halogens is 2. The molecule has 1 aliphatic heterocycles. The molecule has 1 aliphatic rings. The van der Waals surface area contributed by atoms with Crippen molar-refractivity contribution >= 4 is 50.9 Å². The molecular weight excluding hydrogens is 400 g/mol. The van der Waals surface area contributed by atoms with E-state index in [0.29, 0.717) is 53.0 Å². The summed E-state index contributed by atoms with van der Waals surface area (Å²) in [5.41, 5.74) is 0.538. The lowest BCUT2D eigenvalue weighted by Gasteiger charge is -2.34. The van der Waals surface area contributed by atoms with Crippen molar-refractivity contribution in [2.45, 2.75) is 26.4 Å². The highest BCUT2D eigenvalue weighted by atomic mass is 79.9. The number of piperazine rings is 1. The molecule has 0 bridgehead atoms. The van der Waals surface area contributed by atoms with Gasteiger partial charge >= 0.3 is 6.09 Å². The molecule has 130 valence electrons. The van der Waals surface area contributed by atoms with E-state index in [4.69, 9.17) is 20.8 Å². The Morgan fingerprint density at radius 1 is 1.29 bits per heavy atom. The SMILES string of the molecule is CC(C)(C)OC(=O)N1CCN(c2nc3nc(Cl)c(Br)cc3o2)CC1. The van der Waals surface area contributed by atoms with E-state index in [0.717, 1.165) is 0 Å². The second-order valence-corrected chi connectivity index (χ2v) is 7.75. The third-order valence-corrected chi connectivity index (χ3v) is 4.60. The first-order valence-corrected chi connectivity index (χ1v) is 8.75. The Kier molecular flexibility index (Phi) is 4.61. The Hall–Kier alpha value is -1.54. The number of anilines is 1. The number of hydrogen-bond donors (Lipinski definition) is 0. The molecule has 0 radical (unpaired) electrons. The van der Waals surface area contributed by atoms with Crippen LogP contribution in [0.15, 0.2) is 15.0 Å². The van der Waals surface area contributed by atoms with Gasteiger partial charge in [0, 0.05) is 32.2 Å². The zero-order valence-electron chi connectivity index (χ0n) is 13.7. The van der Waals surface area contributed by atoms with Gasteiger partial charge in [-0.3, -0.25) is 0 Å². The third-order valence-electron chi connectivity index (χ3n) is 3.48. The molecular formula is C15H18BrClN4O3. The molecule has 7 nitrogen and oxygen atoms in total. The van der Waals surface area contributed by atoms with Gasteiger partial charge in [0.1, 0.15) is 10.8 Å². The second kappa shape index (κ2) is 6.40. The zero-order valence-corrected chi connectivity index (χ0v) is 16.0. The molecule has 9 heteroatoms. The fourth-order valence-corrected chi connectivity index (χ4v) is 2.78. The fraction of sp³-hybridized carbons (Fsp3) is 0.533. The van der Waals surface area contributed by atoms with Gasteiger partial charge in [-0.05, 0) is 36.7 Å². The van der Waals surface area contributed by atoms with Gasteiger partial charge in [-0.2, -0.15) is 4.98 Å². The number of oxazole rings is 1. The summed E-state index contributed by atoms with van der Waals surface area (Å²) in [6.45, 7) is 7.89. The molecule has 0 atom stereocenters. The standard InChI is InChI=1S/C15H18BrClN4O3/c1-15(2,3)24-14(22)21-6-4-20(5-7-21)13-19-12-10(23-13)8-9(16)11(17)18-12/h8H,4-7H2,1-3H3. The van der Waals surface area contributed by atoms with E-state index in [1.165, 1.54) is 0 Å². The molecule has 24 heavy (non-hydrogen) atoms. The number of amides is 1. The van der Waals surface area contributed by atoms with Crippen LogP contribution in [0.2, 0.25) is 5.15 Å². The Balaban J connectivity index is 1.67. The number of nitrogens with zero attached hydrogens (tertiary/aromatic N) is 4. The van der Waals surface area contributed by atoms with E-state index in [-0.39, 0.29) is 6.09 Å². The smallest absolute Gasteiger partial charge is 0.410 e. The summed E-state index contributed by atoms with van der Waals surface area (Å²) in [5.74, 6) is 0. The predicted octanol–water partition coefficient (Wildman–Crippen LogP) is 3.70. The van der Waals surface area contributed by atoms with E-state index in [9.17, 15) is 4.79 Å². The monoisotopic (exact) mass is 416 g/mol. The summed E-state index contributed by atoms with van der Waals surface area (Å²) in [7, 11) is 0. The first kappa shape index (κ1) is 17.3. The number of carbonyl (C=O) groups excluding carboxylic acids is 1. The van der Waals surface area contributed by atoms with E-state index < -0.39 is 5.60 Å². The summed E-state index contributed by atoms with van der Waals surface area (Å²) in [6.07, 6.45) is -0.294. The van der Waals surface area contributed by atoms with Crippen molar-refractivity contribution in [2.24, 2.45) is 0 Å².